The lowest BCUT2D eigenvalue weighted by Gasteiger charge is -2.18. The molecule has 4 aromatic rings. The number of fused-ring (bicyclic) bond motifs is 2. The van der Waals surface area contributed by atoms with Crippen LogP contribution in [0.1, 0.15) is 10.4 Å². The number of benzene rings is 2. The molecule has 0 amide bonds. The number of rotatable bonds is 5. The molecule has 2 aromatic heterocycles. The predicted molar refractivity (Wildman–Crippen MR) is 110 cm³/mol. The third-order valence-electron chi connectivity index (χ3n) is 4.62. The van der Waals surface area contributed by atoms with E-state index in [0.29, 0.717) is 36.2 Å². The van der Waals surface area contributed by atoms with Crippen LogP contribution in [0, 0.1) is 0 Å². The molecule has 0 radical (unpaired) electrons. The Balaban J connectivity index is 1.41. The fraction of sp³-hybridized carbons (Fsp3) is 0.136. The van der Waals surface area contributed by atoms with Gasteiger partial charge >= 0.3 is 0 Å². The van der Waals surface area contributed by atoms with Crippen molar-refractivity contribution in [3.05, 3.63) is 65.8 Å². The second-order valence-electron chi connectivity index (χ2n) is 6.44. The molecule has 0 saturated heterocycles. The molecule has 0 N–H and O–H groups in total. The van der Waals surface area contributed by atoms with Crippen LogP contribution in [0.5, 0.6) is 17.4 Å². The van der Waals surface area contributed by atoms with Crippen molar-refractivity contribution >= 4 is 27.3 Å². The van der Waals surface area contributed by atoms with Crippen LogP contribution < -0.4 is 14.2 Å². The average molecular weight is 404 g/mol. The number of Topliss-reactive ketones (excluding diaryl/α,β-unsaturated/α-hetero) is 1. The van der Waals surface area contributed by atoms with Crippen LogP contribution in [0.4, 0.5) is 0 Å². The number of carbonyl (C=O) groups is 1. The Labute approximate surface area is 170 Å². The van der Waals surface area contributed by atoms with E-state index in [9.17, 15) is 4.79 Å². The normalized spacial score (nSPS) is 12.7. The van der Waals surface area contributed by atoms with Crippen molar-refractivity contribution in [2.75, 3.05) is 19.8 Å². The minimum absolute atomic E-state index is 0.129. The van der Waals surface area contributed by atoms with Gasteiger partial charge in [-0.3, -0.25) is 4.79 Å². The standard InChI is InChI=1S/C22H16N2O4S/c25-17(15-6-7-18-19(10-15)27-9-8-26-18)11-28-21-20-16(14-4-2-1-3-5-14)12-29-22(20)24-13-23-21/h1-7,10,12-13H,8-9,11H2. The first-order chi connectivity index (χ1) is 14.3. The van der Waals surface area contributed by atoms with Crippen LogP contribution in [-0.2, 0) is 0 Å². The zero-order chi connectivity index (χ0) is 19.6. The largest absolute Gasteiger partial charge is 0.486 e. The minimum Gasteiger partial charge on any atom is -0.486 e. The molecule has 7 heteroatoms. The van der Waals surface area contributed by atoms with Crippen LogP contribution in [-0.4, -0.2) is 35.6 Å². The van der Waals surface area contributed by atoms with E-state index >= 15 is 0 Å². The summed E-state index contributed by atoms with van der Waals surface area (Å²) >= 11 is 1.52. The lowest BCUT2D eigenvalue weighted by atomic mass is 10.1. The number of ketones is 1. The van der Waals surface area contributed by atoms with Gasteiger partial charge in [0, 0.05) is 16.5 Å². The summed E-state index contributed by atoms with van der Waals surface area (Å²) in [6, 6.07) is 15.1. The van der Waals surface area contributed by atoms with Crippen LogP contribution >= 0.6 is 11.3 Å². The zero-order valence-electron chi connectivity index (χ0n) is 15.3. The second-order valence-corrected chi connectivity index (χ2v) is 7.30. The molecule has 0 atom stereocenters. The number of nitrogens with zero attached hydrogens (tertiary/aromatic N) is 2. The van der Waals surface area contributed by atoms with Gasteiger partial charge in [-0.2, -0.15) is 0 Å². The molecule has 0 unspecified atom stereocenters. The topological polar surface area (TPSA) is 70.5 Å². The van der Waals surface area contributed by atoms with E-state index in [-0.39, 0.29) is 12.4 Å². The Kier molecular flexibility index (Phi) is 4.57. The summed E-state index contributed by atoms with van der Waals surface area (Å²) in [6.07, 6.45) is 1.46. The summed E-state index contributed by atoms with van der Waals surface area (Å²) in [5, 5.41) is 2.85. The smallest absolute Gasteiger partial charge is 0.226 e. The number of carbonyl (C=O) groups excluding carboxylic acids is 1. The predicted octanol–water partition coefficient (Wildman–Crippen LogP) is 4.39. The molecule has 6 nitrogen and oxygen atoms in total. The van der Waals surface area contributed by atoms with Gasteiger partial charge in [-0.05, 0) is 23.8 Å². The third kappa shape index (κ3) is 3.40. The third-order valence-corrected chi connectivity index (χ3v) is 5.51. The van der Waals surface area contributed by atoms with Crippen molar-refractivity contribution in [2.45, 2.75) is 0 Å². The van der Waals surface area contributed by atoms with E-state index in [1.54, 1.807) is 18.2 Å². The first-order valence-electron chi connectivity index (χ1n) is 9.13. The lowest BCUT2D eigenvalue weighted by molar-refractivity contribution is 0.0918. The zero-order valence-corrected chi connectivity index (χ0v) is 16.1. The molecule has 1 aliphatic heterocycles. The molecule has 29 heavy (non-hydrogen) atoms. The fourth-order valence-electron chi connectivity index (χ4n) is 3.22. The van der Waals surface area contributed by atoms with Gasteiger partial charge in [0.05, 0.1) is 5.39 Å². The van der Waals surface area contributed by atoms with Crippen molar-refractivity contribution in [1.82, 2.24) is 9.97 Å². The van der Waals surface area contributed by atoms with E-state index < -0.39 is 0 Å². The van der Waals surface area contributed by atoms with Crippen LogP contribution in [0.25, 0.3) is 21.3 Å². The molecule has 144 valence electrons. The Bertz CT molecular complexity index is 1190. The maximum Gasteiger partial charge on any atom is 0.226 e. The summed E-state index contributed by atoms with van der Waals surface area (Å²) in [4.78, 5) is 22.1. The van der Waals surface area contributed by atoms with Gasteiger partial charge < -0.3 is 14.2 Å². The van der Waals surface area contributed by atoms with Gasteiger partial charge in [0.2, 0.25) is 5.88 Å². The van der Waals surface area contributed by atoms with Gasteiger partial charge in [-0.15, -0.1) is 11.3 Å². The molecule has 3 heterocycles. The quantitative estimate of drug-likeness (QED) is 0.460. The highest BCUT2D eigenvalue weighted by Crippen LogP contribution is 2.37. The van der Waals surface area contributed by atoms with Crippen molar-refractivity contribution in [2.24, 2.45) is 0 Å². The number of ether oxygens (including phenoxy) is 3. The van der Waals surface area contributed by atoms with Crippen LogP contribution in [0.15, 0.2) is 60.2 Å². The molecule has 2 aromatic carbocycles. The van der Waals surface area contributed by atoms with Crippen molar-refractivity contribution in [3.63, 3.8) is 0 Å². The monoisotopic (exact) mass is 404 g/mol. The van der Waals surface area contributed by atoms with Gasteiger partial charge in [0.15, 0.2) is 23.9 Å². The van der Waals surface area contributed by atoms with Crippen LogP contribution in [0.3, 0.4) is 0 Å². The molecule has 1 aliphatic rings. The number of aromatic nitrogens is 2. The molecular weight excluding hydrogens is 388 g/mol. The number of hydrogen-bond donors (Lipinski definition) is 0. The van der Waals surface area contributed by atoms with E-state index in [1.165, 1.54) is 17.7 Å². The maximum absolute atomic E-state index is 12.7. The average Bonchev–Trinajstić information content (AvgIpc) is 3.22. The van der Waals surface area contributed by atoms with Gasteiger partial charge in [-0.1, -0.05) is 30.3 Å². The Morgan fingerprint density at radius 2 is 1.86 bits per heavy atom. The Morgan fingerprint density at radius 1 is 1.03 bits per heavy atom. The number of hydrogen-bond acceptors (Lipinski definition) is 7. The van der Waals surface area contributed by atoms with Gasteiger partial charge in [0.25, 0.3) is 0 Å². The second kappa shape index (κ2) is 7.52. The molecular formula is C22H16N2O4S. The molecule has 0 fully saturated rings. The van der Waals surface area contributed by atoms with E-state index in [0.717, 1.165) is 21.3 Å². The molecule has 0 aliphatic carbocycles. The first kappa shape index (κ1) is 17.6. The summed E-state index contributed by atoms with van der Waals surface area (Å²) in [6.45, 7) is 0.855. The highest BCUT2D eigenvalue weighted by Gasteiger charge is 2.18. The fourth-order valence-corrected chi connectivity index (χ4v) is 4.13. The summed E-state index contributed by atoms with van der Waals surface area (Å²) in [5.41, 5.74) is 2.55. The van der Waals surface area contributed by atoms with Crippen molar-refractivity contribution in [3.8, 4) is 28.5 Å². The van der Waals surface area contributed by atoms with E-state index in [1.807, 2.05) is 35.7 Å². The van der Waals surface area contributed by atoms with Crippen LogP contribution in [0.2, 0.25) is 0 Å². The minimum atomic E-state index is -0.162. The van der Waals surface area contributed by atoms with E-state index in [4.69, 9.17) is 14.2 Å². The summed E-state index contributed by atoms with van der Waals surface area (Å²) < 4.78 is 16.9. The SMILES string of the molecule is O=C(COc1ncnc2scc(-c3ccccc3)c12)c1ccc2c(c1)OCCO2. The molecule has 5 rings (SSSR count). The Morgan fingerprint density at radius 3 is 2.72 bits per heavy atom. The Hall–Kier alpha value is -3.45. The highest BCUT2D eigenvalue weighted by molar-refractivity contribution is 7.17. The molecule has 0 saturated carbocycles. The first-order valence-corrected chi connectivity index (χ1v) is 10.0. The maximum atomic E-state index is 12.7. The van der Waals surface area contributed by atoms with Gasteiger partial charge in [-0.25, -0.2) is 9.97 Å². The lowest BCUT2D eigenvalue weighted by Crippen LogP contribution is -2.17. The molecule has 0 bridgehead atoms. The number of thiophene rings is 1. The molecule has 0 spiro atoms. The summed E-state index contributed by atoms with van der Waals surface area (Å²) in [5.74, 6) is 1.47. The van der Waals surface area contributed by atoms with Crippen molar-refractivity contribution in [1.29, 1.82) is 0 Å². The van der Waals surface area contributed by atoms with Gasteiger partial charge in [0.1, 0.15) is 24.4 Å². The summed E-state index contributed by atoms with van der Waals surface area (Å²) in [7, 11) is 0. The highest BCUT2D eigenvalue weighted by atomic mass is 32.1. The van der Waals surface area contributed by atoms with Crippen molar-refractivity contribution < 1.29 is 19.0 Å². The van der Waals surface area contributed by atoms with E-state index in [2.05, 4.69) is 9.97 Å².